The smallest absolute Gasteiger partial charge is 0.122 e. The number of aliphatic hydroxyl groups is 1. The Morgan fingerprint density at radius 1 is 1.50 bits per heavy atom. The molecule has 0 saturated heterocycles. The van der Waals surface area contributed by atoms with E-state index in [1.807, 2.05) is 31.4 Å². The largest absolute Gasteiger partial charge is 0.510 e. The molecule has 1 aliphatic carbocycles. The molecule has 1 N–H and O–H groups in total. The predicted molar refractivity (Wildman–Crippen MR) is 60.6 cm³/mol. The van der Waals surface area contributed by atoms with Gasteiger partial charge in [0.15, 0.2) is 0 Å². The van der Waals surface area contributed by atoms with Gasteiger partial charge in [-0.1, -0.05) is 32.1 Å². The normalized spacial score (nSPS) is 17.4. The fourth-order valence-electron chi connectivity index (χ4n) is 1.35. The highest BCUT2D eigenvalue weighted by molar-refractivity contribution is 5.60. The Balaban J connectivity index is 3.00. The molecule has 0 atom stereocenters. The van der Waals surface area contributed by atoms with Crippen molar-refractivity contribution in [1.29, 1.82) is 0 Å². The summed E-state index contributed by atoms with van der Waals surface area (Å²) in [5.41, 5.74) is 1.85. The first-order valence-corrected chi connectivity index (χ1v) is 5.10. The van der Waals surface area contributed by atoms with E-state index in [4.69, 9.17) is 0 Å². The Labute approximate surface area is 85.4 Å². The van der Waals surface area contributed by atoms with Crippen LogP contribution in [0.4, 0.5) is 0 Å². The molecule has 0 aromatic heterocycles. The van der Waals surface area contributed by atoms with Crippen molar-refractivity contribution in [2.24, 2.45) is 4.99 Å². The van der Waals surface area contributed by atoms with Crippen LogP contribution in [0.15, 0.2) is 40.2 Å². The number of hydrogen-bond acceptors (Lipinski definition) is 2. The van der Waals surface area contributed by atoms with E-state index in [0.717, 1.165) is 24.1 Å². The predicted octanol–water partition coefficient (Wildman–Crippen LogP) is 3.53. The Bertz CT molecular complexity index is 308. The molecule has 76 valence electrons. The van der Waals surface area contributed by atoms with Crippen molar-refractivity contribution in [3.63, 3.8) is 0 Å². The van der Waals surface area contributed by atoms with Gasteiger partial charge in [0.2, 0.25) is 0 Å². The Morgan fingerprint density at radius 3 is 2.93 bits per heavy atom. The molecule has 0 amide bonds. The number of hydrogen-bond donors (Lipinski definition) is 1. The van der Waals surface area contributed by atoms with Gasteiger partial charge in [0.1, 0.15) is 11.5 Å². The fraction of sp³-hybridized carbons (Fsp3) is 0.417. The summed E-state index contributed by atoms with van der Waals surface area (Å²) in [4.78, 5) is 4.29. The summed E-state index contributed by atoms with van der Waals surface area (Å²) in [6, 6.07) is 0. The molecule has 0 aliphatic heterocycles. The molecule has 0 aromatic carbocycles. The highest BCUT2D eigenvalue weighted by atomic mass is 16.3. The monoisotopic (exact) mass is 191 g/mol. The van der Waals surface area contributed by atoms with Crippen LogP contribution in [-0.2, 0) is 0 Å². The second-order valence-electron chi connectivity index (χ2n) is 3.19. The molecule has 1 rings (SSSR count). The van der Waals surface area contributed by atoms with Crippen molar-refractivity contribution in [2.45, 2.75) is 33.1 Å². The van der Waals surface area contributed by atoms with Gasteiger partial charge in [-0.25, -0.2) is 0 Å². The molecule has 14 heavy (non-hydrogen) atoms. The molecule has 0 unspecified atom stereocenters. The third kappa shape index (κ3) is 2.59. The van der Waals surface area contributed by atoms with Crippen LogP contribution in [0.2, 0.25) is 0 Å². The Hall–Kier alpha value is -1.31. The number of aliphatic imine (C=N–C) groups is 1. The van der Waals surface area contributed by atoms with Crippen LogP contribution < -0.4 is 0 Å². The van der Waals surface area contributed by atoms with Crippen LogP contribution in [0.1, 0.15) is 33.1 Å². The van der Waals surface area contributed by atoms with Gasteiger partial charge in [-0.3, -0.25) is 4.99 Å². The minimum Gasteiger partial charge on any atom is -0.510 e. The summed E-state index contributed by atoms with van der Waals surface area (Å²) in [5, 5.41) is 9.75. The van der Waals surface area contributed by atoms with Gasteiger partial charge in [-0.15, -0.1) is 0 Å². The van der Waals surface area contributed by atoms with Gasteiger partial charge < -0.3 is 5.11 Å². The van der Waals surface area contributed by atoms with E-state index in [2.05, 4.69) is 11.9 Å². The second-order valence-corrected chi connectivity index (χ2v) is 3.19. The lowest BCUT2D eigenvalue weighted by Gasteiger charge is -2.05. The van der Waals surface area contributed by atoms with Gasteiger partial charge in [0.05, 0.1) is 0 Å². The van der Waals surface area contributed by atoms with Crippen molar-refractivity contribution in [2.75, 3.05) is 0 Å². The first-order valence-electron chi connectivity index (χ1n) is 5.10. The molecule has 0 fully saturated rings. The van der Waals surface area contributed by atoms with Crippen molar-refractivity contribution in [3.05, 3.63) is 35.3 Å². The van der Waals surface area contributed by atoms with Gasteiger partial charge >= 0.3 is 0 Å². The van der Waals surface area contributed by atoms with Gasteiger partial charge in [0, 0.05) is 12.6 Å². The first-order chi connectivity index (χ1) is 6.79. The summed E-state index contributed by atoms with van der Waals surface area (Å²) in [6.45, 7) is 4.10. The first kappa shape index (κ1) is 10.8. The standard InChI is InChI=1S/C12H17NO/c1-3-9-13-12-10(4-2)7-5-6-8-11(12)14/h5-7,9,14H,3-4,8H2,1-2H3/b13-9-. The van der Waals surface area contributed by atoms with Gasteiger partial charge in [0.25, 0.3) is 0 Å². The zero-order chi connectivity index (χ0) is 10.4. The second kappa shape index (κ2) is 5.43. The number of aliphatic hydroxyl groups excluding tert-OH is 1. The SMILES string of the molecule is CC/C=N\C1=C(O)CC=CC=C1CC. The number of rotatable bonds is 3. The molecule has 0 aromatic rings. The summed E-state index contributed by atoms with van der Waals surface area (Å²) in [5.74, 6) is 0.372. The Kier molecular flexibility index (Phi) is 4.17. The third-order valence-electron chi connectivity index (χ3n) is 2.11. The van der Waals surface area contributed by atoms with Gasteiger partial charge in [-0.05, 0) is 18.4 Å². The van der Waals surface area contributed by atoms with E-state index in [0.29, 0.717) is 12.2 Å². The van der Waals surface area contributed by atoms with E-state index in [1.165, 1.54) is 0 Å². The molecule has 2 nitrogen and oxygen atoms in total. The van der Waals surface area contributed by atoms with Crippen LogP contribution in [0.3, 0.4) is 0 Å². The Morgan fingerprint density at radius 2 is 2.29 bits per heavy atom. The van der Waals surface area contributed by atoms with Crippen LogP contribution in [0.25, 0.3) is 0 Å². The molecule has 0 bridgehead atoms. The van der Waals surface area contributed by atoms with Crippen molar-refractivity contribution in [1.82, 2.24) is 0 Å². The number of nitrogens with zero attached hydrogens (tertiary/aromatic N) is 1. The lowest BCUT2D eigenvalue weighted by Crippen LogP contribution is -1.92. The summed E-state index contributed by atoms with van der Waals surface area (Å²) in [7, 11) is 0. The lowest BCUT2D eigenvalue weighted by molar-refractivity contribution is 0.394. The van der Waals surface area contributed by atoms with E-state index in [-0.39, 0.29) is 0 Å². The van der Waals surface area contributed by atoms with Crippen LogP contribution in [-0.4, -0.2) is 11.3 Å². The zero-order valence-electron chi connectivity index (χ0n) is 8.83. The minimum absolute atomic E-state index is 0.372. The van der Waals surface area contributed by atoms with Crippen LogP contribution in [0, 0.1) is 0 Å². The van der Waals surface area contributed by atoms with E-state index in [1.54, 1.807) is 0 Å². The van der Waals surface area contributed by atoms with E-state index in [9.17, 15) is 5.11 Å². The average Bonchev–Trinajstić information content (AvgIpc) is 2.37. The highest BCUT2D eigenvalue weighted by Gasteiger charge is 2.09. The molecule has 0 radical (unpaired) electrons. The van der Waals surface area contributed by atoms with Gasteiger partial charge in [-0.2, -0.15) is 0 Å². The zero-order valence-corrected chi connectivity index (χ0v) is 8.83. The highest BCUT2D eigenvalue weighted by Crippen LogP contribution is 2.22. The molecular formula is C12H17NO. The van der Waals surface area contributed by atoms with Crippen molar-refractivity contribution < 1.29 is 5.11 Å². The van der Waals surface area contributed by atoms with Crippen LogP contribution in [0.5, 0.6) is 0 Å². The van der Waals surface area contributed by atoms with E-state index >= 15 is 0 Å². The van der Waals surface area contributed by atoms with E-state index < -0.39 is 0 Å². The maximum absolute atomic E-state index is 9.75. The molecule has 1 aliphatic rings. The molecule has 2 heteroatoms. The summed E-state index contributed by atoms with van der Waals surface area (Å²) in [6.07, 6.45) is 10.1. The van der Waals surface area contributed by atoms with Crippen LogP contribution >= 0.6 is 0 Å². The summed E-state index contributed by atoms with van der Waals surface area (Å²) < 4.78 is 0. The molecular weight excluding hydrogens is 174 g/mol. The molecule has 0 heterocycles. The van der Waals surface area contributed by atoms with Crippen molar-refractivity contribution >= 4 is 6.21 Å². The quantitative estimate of drug-likeness (QED) is 0.680. The third-order valence-corrected chi connectivity index (χ3v) is 2.11. The topological polar surface area (TPSA) is 32.6 Å². The number of allylic oxidation sites excluding steroid dienone is 4. The summed E-state index contributed by atoms with van der Waals surface area (Å²) >= 11 is 0. The fourth-order valence-corrected chi connectivity index (χ4v) is 1.35. The maximum atomic E-state index is 9.75. The molecule has 0 saturated carbocycles. The van der Waals surface area contributed by atoms with Crippen molar-refractivity contribution in [3.8, 4) is 0 Å². The maximum Gasteiger partial charge on any atom is 0.122 e. The average molecular weight is 191 g/mol. The lowest BCUT2D eigenvalue weighted by atomic mass is 10.1. The minimum atomic E-state index is 0.372. The molecule has 0 spiro atoms.